The van der Waals surface area contributed by atoms with E-state index < -0.39 is 10.0 Å². The summed E-state index contributed by atoms with van der Waals surface area (Å²) >= 11 is 0. The summed E-state index contributed by atoms with van der Waals surface area (Å²) < 4.78 is 42.0. The van der Waals surface area contributed by atoms with Gasteiger partial charge in [-0.3, -0.25) is 4.79 Å². The van der Waals surface area contributed by atoms with Crippen LogP contribution in [0.1, 0.15) is 18.4 Å². The first-order valence-corrected chi connectivity index (χ1v) is 11.2. The van der Waals surface area contributed by atoms with Crippen molar-refractivity contribution in [3.63, 3.8) is 0 Å². The number of sulfonamides is 1. The molecule has 1 N–H and O–H groups in total. The Labute approximate surface area is 180 Å². The molecule has 0 atom stereocenters. The van der Waals surface area contributed by atoms with E-state index in [1.165, 1.54) is 24.3 Å². The van der Waals surface area contributed by atoms with Gasteiger partial charge in [-0.05, 0) is 55.0 Å². The Morgan fingerprint density at radius 3 is 2.35 bits per heavy atom. The van der Waals surface area contributed by atoms with Crippen LogP contribution in [0.2, 0.25) is 0 Å². The maximum Gasteiger partial charge on any atom is 0.285 e. The normalized spacial score (nSPS) is 13.9. The zero-order chi connectivity index (χ0) is 21.8. The summed E-state index contributed by atoms with van der Waals surface area (Å²) in [4.78, 5) is 14.3. The smallest absolute Gasteiger partial charge is 0.285 e. The van der Waals surface area contributed by atoms with Crippen molar-refractivity contribution in [2.24, 2.45) is 4.40 Å². The molecule has 0 fully saturated rings. The van der Waals surface area contributed by atoms with Crippen molar-refractivity contribution in [1.82, 2.24) is 0 Å². The Hall–Kier alpha value is -3.52. The molecule has 1 amide bonds. The second-order valence-electron chi connectivity index (χ2n) is 7.03. The fourth-order valence-corrected chi connectivity index (χ4v) is 4.61. The molecule has 8 heteroatoms. The number of anilines is 2. The Kier molecular flexibility index (Phi) is 5.81. The van der Waals surface area contributed by atoms with E-state index in [0.29, 0.717) is 30.1 Å². The second kappa shape index (κ2) is 8.69. The number of carbonyl (C=O) groups is 1. The van der Waals surface area contributed by atoms with Crippen molar-refractivity contribution in [3.05, 3.63) is 90.2 Å². The van der Waals surface area contributed by atoms with Gasteiger partial charge in [0.2, 0.25) is 5.91 Å². The lowest BCUT2D eigenvalue weighted by atomic mass is 10.1. The van der Waals surface area contributed by atoms with Gasteiger partial charge in [-0.15, -0.1) is 4.40 Å². The van der Waals surface area contributed by atoms with Crippen molar-refractivity contribution in [2.75, 3.05) is 16.8 Å². The van der Waals surface area contributed by atoms with E-state index in [9.17, 15) is 17.6 Å². The van der Waals surface area contributed by atoms with Gasteiger partial charge in [0.15, 0.2) is 5.84 Å². The van der Waals surface area contributed by atoms with Crippen LogP contribution >= 0.6 is 0 Å². The minimum absolute atomic E-state index is 0.181. The van der Waals surface area contributed by atoms with Crippen molar-refractivity contribution < 1.29 is 17.6 Å². The number of amidine groups is 1. The highest BCUT2D eigenvalue weighted by Crippen LogP contribution is 2.30. The third kappa shape index (κ3) is 4.64. The number of hydrogen-bond acceptors (Lipinski definition) is 4. The van der Waals surface area contributed by atoms with Gasteiger partial charge < -0.3 is 10.2 Å². The third-order valence-corrected chi connectivity index (χ3v) is 6.17. The van der Waals surface area contributed by atoms with Crippen molar-refractivity contribution in [2.45, 2.75) is 17.7 Å². The predicted molar refractivity (Wildman–Crippen MR) is 118 cm³/mol. The van der Waals surface area contributed by atoms with Gasteiger partial charge in [0.05, 0.1) is 0 Å². The van der Waals surface area contributed by atoms with E-state index in [4.69, 9.17) is 0 Å². The first kappa shape index (κ1) is 20.7. The van der Waals surface area contributed by atoms with Crippen LogP contribution in [0.5, 0.6) is 0 Å². The molecule has 0 unspecified atom stereocenters. The molecule has 1 aliphatic heterocycles. The van der Waals surface area contributed by atoms with Gasteiger partial charge in [0.1, 0.15) is 10.7 Å². The summed E-state index contributed by atoms with van der Waals surface area (Å²) in [6.07, 6.45) is 0.672. The number of rotatable bonds is 6. The minimum Gasteiger partial charge on any atom is -0.326 e. The minimum atomic E-state index is -3.76. The molecule has 31 heavy (non-hydrogen) atoms. The lowest BCUT2D eigenvalue weighted by Crippen LogP contribution is -2.32. The fourth-order valence-electron chi connectivity index (χ4n) is 3.40. The average molecular weight is 437 g/mol. The van der Waals surface area contributed by atoms with Crippen LogP contribution in [0.15, 0.2) is 88.2 Å². The quantitative estimate of drug-likeness (QED) is 0.627. The molecule has 0 bridgehead atoms. The summed E-state index contributed by atoms with van der Waals surface area (Å²) in [6, 6.07) is 21.6. The van der Waals surface area contributed by atoms with Crippen LogP contribution in [0, 0.1) is 5.82 Å². The molecule has 6 nitrogen and oxygen atoms in total. The number of nitrogens with one attached hydrogen (secondary N) is 1. The number of benzene rings is 3. The number of carbonyl (C=O) groups excluding carboxylic acids is 1. The van der Waals surface area contributed by atoms with Gasteiger partial charge >= 0.3 is 0 Å². The third-order valence-electron chi connectivity index (χ3n) is 4.85. The highest BCUT2D eigenvalue weighted by Gasteiger charge is 2.32. The van der Waals surface area contributed by atoms with Gasteiger partial charge in [0, 0.05) is 29.9 Å². The lowest BCUT2D eigenvalue weighted by Gasteiger charge is -2.24. The Bertz CT molecular complexity index is 1230. The van der Waals surface area contributed by atoms with E-state index in [-0.39, 0.29) is 23.0 Å². The zero-order valence-corrected chi connectivity index (χ0v) is 17.3. The SMILES string of the molecule is O=C(CCCN(C1=NS(=O)(=O)c2ccccc21)c1ccccc1)Nc1ccc(F)cc1. The number of halogens is 1. The van der Waals surface area contributed by atoms with Gasteiger partial charge in [-0.1, -0.05) is 30.3 Å². The maximum atomic E-state index is 13.0. The van der Waals surface area contributed by atoms with E-state index in [1.54, 1.807) is 24.3 Å². The van der Waals surface area contributed by atoms with Crippen LogP contribution in [0.4, 0.5) is 15.8 Å². The lowest BCUT2D eigenvalue weighted by molar-refractivity contribution is -0.116. The van der Waals surface area contributed by atoms with Crippen LogP contribution in [-0.2, 0) is 14.8 Å². The number of para-hydroxylation sites is 1. The largest absolute Gasteiger partial charge is 0.326 e. The second-order valence-corrected chi connectivity index (χ2v) is 8.60. The van der Waals surface area contributed by atoms with Gasteiger partial charge in [-0.2, -0.15) is 8.42 Å². The molecule has 0 aromatic heterocycles. The highest BCUT2D eigenvalue weighted by molar-refractivity contribution is 7.90. The summed E-state index contributed by atoms with van der Waals surface area (Å²) in [5, 5.41) is 2.73. The molecular weight excluding hydrogens is 417 g/mol. The molecule has 3 aromatic rings. The van der Waals surface area contributed by atoms with E-state index in [1.807, 2.05) is 35.2 Å². The van der Waals surface area contributed by atoms with E-state index in [2.05, 4.69) is 9.71 Å². The number of hydrogen-bond donors (Lipinski definition) is 1. The van der Waals surface area contributed by atoms with Crippen LogP contribution in [-0.4, -0.2) is 26.7 Å². The summed E-state index contributed by atoms with van der Waals surface area (Å²) in [5.74, 6) is -0.231. The first-order chi connectivity index (χ1) is 14.9. The topological polar surface area (TPSA) is 78.8 Å². The molecule has 0 saturated carbocycles. The Morgan fingerprint density at radius 1 is 0.935 bits per heavy atom. The summed E-state index contributed by atoms with van der Waals surface area (Å²) in [6.45, 7) is 0.392. The van der Waals surface area contributed by atoms with Crippen LogP contribution in [0.25, 0.3) is 0 Å². The molecule has 0 spiro atoms. The molecule has 0 radical (unpaired) electrons. The average Bonchev–Trinajstić information content (AvgIpc) is 3.04. The van der Waals surface area contributed by atoms with Crippen molar-refractivity contribution in [3.8, 4) is 0 Å². The van der Waals surface area contributed by atoms with Crippen molar-refractivity contribution >= 4 is 33.1 Å². The van der Waals surface area contributed by atoms with Crippen LogP contribution in [0.3, 0.4) is 0 Å². The maximum absolute atomic E-state index is 13.0. The number of amides is 1. The van der Waals surface area contributed by atoms with Gasteiger partial charge in [-0.25, -0.2) is 4.39 Å². The molecule has 1 heterocycles. The first-order valence-electron chi connectivity index (χ1n) is 9.76. The van der Waals surface area contributed by atoms with Gasteiger partial charge in [0.25, 0.3) is 10.0 Å². The Morgan fingerprint density at radius 2 is 1.61 bits per heavy atom. The number of fused-ring (bicyclic) bond motifs is 1. The van der Waals surface area contributed by atoms with Crippen molar-refractivity contribution in [1.29, 1.82) is 0 Å². The molecule has 4 rings (SSSR count). The molecule has 1 aliphatic rings. The standard InChI is InChI=1S/C23H20FN3O3S/c24-17-12-14-18(15-13-17)25-22(28)11-6-16-27(19-7-2-1-3-8-19)23-20-9-4-5-10-21(20)31(29,30)26-23/h1-5,7-10,12-15H,6,11,16H2,(H,25,28). The summed E-state index contributed by atoms with van der Waals surface area (Å²) in [5.41, 5.74) is 1.85. The molecule has 0 saturated heterocycles. The molecule has 158 valence electrons. The predicted octanol–water partition coefficient (Wildman–Crippen LogP) is 4.20. The zero-order valence-electron chi connectivity index (χ0n) is 16.5. The monoisotopic (exact) mass is 437 g/mol. The highest BCUT2D eigenvalue weighted by atomic mass is 32.2. The van der Waals surface area contributed by atoms with Crippen LogP contribution < -0.4 is 10.2 Å². The van der Waals surface area contributed by atoms with E-state index in [0.717, 1.165) is 5.69 Å². The summed E-state index contributed by atoms with van der Waals surface area (Å²) in [7, 11) is -3.76. The fraction of sp³-hybridized carbons (Fsp3) is 0.130. The Balaban J connectivity index is 1.51. The number of nitrogens with zero attached hydrogens (tertiary/aromatic N) is 2. The van der Waals surface area contributed by atoms with E-state index >= 15 is 0 Å². The molecule has 0 aliphatic carbocycles. The molecular formula is C23H20FN3O3S. The molecule has 3 aromatic carbocycles.